The number of hydrogen-bond donors (Lipinski definition) is 2. The quantitative estimate of drug-likeness (QED) is 0.721. The lowest BCUT2D eigenvalue weighted by Gasteiger charge is -2.08. The Hall–Kier alpha value is -2.08. The normalized spacial score (nSPS) is 11.0. The highest BCUT2D eigenvalue weighted by Gasteiger charge is 2.11. The number of nitrogens with one attached hydrogen (secondary N) is 2. The van der Waals surface area contributed by atoms with Gasteiger partial charge >= 0.3 is 0 Å². The van der Waals surface area contributed by atoms with E-state index < -0.39 is 0 Å². The van der Waals surface area contributed by atoms with Gasteiger partial charge in [-0.05, 0) is 32.4 Å². The molecule has 0 atom stereocenters. The maximum atomic E-state index is 4.60. The molecule has 0 bridgehead atoms. The zero-order chi connectivity index (χ0) is 14.8. The average molecular weight is 299 g/mol. The molecule has 2 aromatic heterocycles. The third kappa shape index (κ3) is 2.85. The highest BCUT2D eigenvalue weighted by Crippen LogP contribution is 2.33. The summed E-state index contributed by atoms with van der Waals surface area (Å²) in [5.74, 6) is 0.626. The van der Waals surface area contributed by atoms with Crippen LogP contribution in [0.2, 0.25) is 0 Å². The van der Waals surface area contributed by atoms with Gasteiger partial charge in [0.25, 0.3) is 0 Å². The Kier molecular flexibility index (Phi) is 3.79. The minimum atomic E-state index is 0.626. The number of rotatable bonds is 4. The van der Waals surface area contributed by atoms with Crippen molar-refractivity contribution in [2.24, 2.45) is 0 Å². The standard InChI is InChI=1S/C15H17N5S/c1-4-16-15-18-13-11(8-17-20-13)14(19-15)21-12-6-5-9(2)7-10(12)3/h5-8H,4H2,1-3H3,(H2,16,17,18,19,20). The van der Waals surface area contributed by atoms with Gasteiger partial charge in [0.2, 0.25) is 5.95 Å². The first kappa shape index (κ1) is 13.9. The SMILES string of the molecule is CCNc1nc(Sc2ccc(C)cc2C)c2cn[nH]c2n1. The Morgan fingerprint density at radius 3 is 2.86 bits per heavy atom. The third-order valence-electron chi connectivity index (χ3n) is 3.15. The average Bonchev–Trinajstić information content (AvgIpc) is 2.91. The van der Waals surface area contributed by atoms with Crippen LogP contribution in [0.25, 0.3) is 11.0 Å². The van der Waals surface area contributed by atoms with Crippen LogP contribution in [-0.2, 0) is 0 Å². The van der Waals surface area contributed by atoms with Crippen LogP contribution in [0, 0.1) is 13.8 Å². The molecule has 108 valence electrons. The van der Waals surface area contributed by atoms with E-state index in [1.807, 2.05) is 6.92 Å². The molecule has 0 amide bonds. The summed E-state index contributed by atoms with van der Waals surface area (Å²) in [6.45, 7) is 7.03. The number of aromatic nitrogens is 4. The van der Waals surface area contributed by atoms with E-state index in [-0.39, 0.29) is 0 Å². The number of fused-ring (bicyclic) bond motifs is 1. The lowest BCUT2D eigenvalue weighted by Crippen LogP contribution is -2.03. The summed E-state index contributed by atoms with van der Waals surface area (Å²) in [5, 5.41) is 12.0. The van der Waals surface area contributed by atoms with E-state index in [2.05, 4.69) is 57.5 Å². The van der Waals surface area contributed by atoms with Gasteiger partial charge in [0.05, 0.1) is 11.6 Å². The molecule has 0 saturated carbocycles. The summed E-state index contributed by atoms with van der Waals surface area (Å²) in [6, 6.07) is 6.44. The molecule has 1 aromatic carbocycles. The van der Waals surface area contributed by atoms with Gasteiger partial charge in [-0.1, -0.05) is 29.5 Å². The number of aryl methyl sites for hydroxylation is 2. The van der Waals surface area contributed by atoms with Crippen LogP contribution in [0.3, 0.4) is 0 Å². The van der Waals surface area contributed by atoms with E-state index in [0.29, 0.717) is 5.95 Å². The fraction of sp³-hybridized carbons (Fsp3) is 0.267. The third-order valence-corrected chi connectivity index (χ3v) is 4.33. The summed E-state index contributed by atoms with van der Waals surface area (Å²) in [6.07, 6.45) is 1.77. The Labute approximate surface area is 127 Å². The predicted octanol–water partition coefficient (Wildman–Crippen LogP) is 3.55. The van der Waals surface area contributed by atoms with Crippen molar-refractivity contribution >= 4 is 28.7 Å². The van der Waals surface area contributed by atoms with Crippen molar-refractivity contribution in [2.75, 3.05) is 11.9 Å². The Morgan fingerprint density at radius 1 is 1.24 bits per heavy atom. The summed E-state index contributed by atoms with van der Waals surface area (Å²) < 4.78 is 0. The summed E-state index contributed by atoms with van der Waals surface area (Å²) in [5.41, 5.74) is 3.27. The van der Waals surface area contributed by atoms with Gasteiger partial charge in [-0.15, -0.1) is 0 Å². The van der Waals surface area contributed by atoms with Gasteiger partial charge in [-0.25, -0.2) is 4.98 Å². The Bertz CT molecular complexity index is 781. The van der Waals surface area contributed by atoms with Crippen molar-refractivity contribution in [3.63, 3.8) is 0 Å². The first-order chi connectivity index (χ1) is 10.2. The van der Waals surface area contributed by atoms with Crippen molar-refractivity contribution in [1.82, 2.24) is 20.2 Å². The van der Waals surface area contributed by atoms with E-state index in [0.717, 1.165) is 22.6 Å². The Morgan fingerprint density at radius 2 is 2.10 bits per heavy atom. The van der Waals surface area contributed by atoms with Crippen molar-refractivity contribution in [1.29, 1.82) is 0 Å². The first-order valence-electron chi connectivity index (χ1n) is 6.87. The van der Waals surface area contributed by atoms with Gasteiger partial charge < -0.3 is 5.32 Å². The van der Waals surface area contributed by atoms with Gasteiger partial charge in [-0.3, -0.25) is 5.10 Å². The van der Waals surface area contributed by atoms with Gasteiger partial charge in [0.15, 0.2) is 5.65 Å². The second kappa shape index (κ2) is 5.73. The summed E-state index contributed by atoms with van der Waals surface area (Å²) >= 11 is 1.65. The van der Waals surface area contributed by atoms with Crippen molar-refractivity contribution in [3.05, 3.63) is 35.5 Å². The second-order valence-corrected chi connectivity index (χ2v) is 5.92. The zero-order valence-electron chi connectivity index (χ0n) is 12.3. The van der Waals surface area contributed by atoms with Crippen LogP contribution in [-0.4, -0.2) is 26.7 Å². The van der Waals surface area contributed by atoms with Crippen LogP contribution in [0.15, 0.2) is 34.3 Å². The number of benzene rings is 1. The molecule has 0 unspecified atom stereocenters. The van der Waals surface area contributed by atoms with Crippen molar-refractivity contribution in [3.8, 4) is 0 Å². The minimum absolute atomic E-state index is 0.626. The lowest BCUT2D eigenvalue weighted by molar-refractivity contribution is 1.03. The van der Waals surface area contributed by atoms with Crippen LogP contribution in [0.1, 0.15) is 18.1 Å². The molecule has 0 fully saturated rings. The number of aromatic amines is 1. The molecular weight excluding hydrogens is 282 g/mol. The molecule has 21 heavy (non-hydrogen) atoms. The lowest BCUT2D eigenvalue weighted by atomic mass is 10.2. The molecule has 5 nitrogen and oxygen atoms in total. The van der Waals surface area contributed by atoms with E-state index >= 15 is 0 Å². The number of H-pyrrole nitrogens is 1. The van der Waals surface area contributed by atoms with Crippen LogP contribution in [0.4, 0.5) is 5.95 Å². The fourth-order valence-corrected chi connectivity index (χ4v) is 3.10. The molecule has 0 aliphatic carbocycles. The van der Waals surface area contributed by atoms with E-state index in [1.165, 1.54) is 16.0 Å². The van der Waals surface area contributed by atoms with Gasteiger partial charge in [-0.2, -0.15) is 10.1 Å². The summed E-state index contributed by atoms with van der Waals surface area (Å²) in [7, 11) is 0. The summed E-state index contributed by atoms with van der Waals surface area (Å²) in [4.78, 5) is 10.2. The van der Waals surface area contributed by atoms with Gasteiger partial charge in [0, 0.05) is 11.4 Å². The molecule has 0 spiro atoms. The maximum absolute atomic E-state index is 4.60. The first-order valence-corrected chi connectivity index (χ1v) is 7.69. The molecule has 0 radical (unpaired) electrons. The van der Waals surface area contributed by atoms with Crippen LogP contribution >= 0.6 is 11.8 Å². The second-order valence-electron chi connectivity index (χ2n) is 4.89. The Balaban J connectivity index is 2.04. The van der Waals surface area contributed by atoms with Crippen LogP contribution in [0.5, 0.6) is 0 Å². The molecule has 3 aromatic rings. The van der Waals surface area contributed by atoms with Gasteiger partial charge in [0.1, 0.15) is 5.03 Å². The smallest absolute Gasteiger partial charge is 0.225 e. The predicted molar refractivity (Wildman–Crippen MR) is 85.9 cm³/mol. The largest absolute Gasteiger partial charge is 0.354 e. The minimum Gasteiger partial charge on any atom is -0.354 e. The van der Waals surface area contributed by atoms with Crippen molar-refractivity contribution < 1.29 is 0 Å². The molecule has 0 saturated heterocycles. The molecule has 0 aliphatic rings. The molecule has 2 N–H and O–H groups in total. The molecule has 0 aliphatic heterocycles. The van der Waals surface area contributed by atoms with Crippen molar-refractivity contribution in [2.45, 2.75) is 30.7 Å². The molecular formula is C15H17N5S. The van der Waals surface area contributed by atoms with E-state index in [4.69, 9.17) is 0 Å². The highest BCUT2D eigenvalue weighted by atomic mass is 32.2. The number of anilines is 1. The van der Waals surface area contributed by atoms with E-state index in [1.54, 1.807) is 18.0 Å². The molecule has 3 rings (SSSR count). The number of hydrogen-bond acceptors (Lipinski definition) is 5. The maximum Gasteiger partial charge on any atom is 0.225 e. The monoisotopic (exact) mass is 299 g/mol. The highest BCUT2D eigenvalue weighted by molar-refractivity contribution is 7.99. The topological polar surface area (TPSA) is 66.5 Å². The number of nitrogens with zero attached hydrogens (tertiary/aromatic N) is 3. The van der Waals surface area contributed by atoms with Crippen LogP contribution < -0.4 is 5.32 Å². The molecule has 6 heteroatoms. The fourth-order valence-electron chi connectivity index (χ4n) is 2.14. The molecule has 2 heterocycles. The zero-order valence-corrected chi connectivity index (χ0v) is 13.1. The van der Waals surface area contributed by atoms with E-state index in [9.17, 15) is 0 Å².